The summed E-state index contributed by atoms with van der Waals surface area (Å²) in [5.74, 6) is -0.346. The molecule has 3 rings (SSSR count). The van der Waals surface area contributed by atoms with Crippen LogP contribution in [-0.4, -0.2) is 21.0 Å². The number of halogens is 2. The molecule has 1 unspecified atom stereocenters. The number of benzene rings is 1. The number of thiocarbonyl (C=S) groups is 1. The maximum atomic E-state index is 14.0. The Kier molecular flexibility index (Phi) is 6.50. The van der Waals surface area contributed by atoms with Crippen molar-refractivity contribution < 1.29 is 9.18 Å². The zero-order valence-corrected chi connectivity index (χ0v) is 17.0. The van der Waals surface area contributed by atoms with Crippen LogP contribution in [0.4, 0.5) is 15.9 Å². The van der Waals surface area contributed by atoms with Crippen molar-refractivity contribution in [1.29, 1.82) is 0 Å². The van der Waals surface area contributed by atoms with Gasteiger partial charge >= 0.3 is 0 Å². The summed E-state index contributed by atoms with van der Waals surface area (Å²) in [6.07, 6.45) is 1.53. The molecule has 0 aliphatic carbocycles. The molecule has 1 aromatic carbocycles. The fourth-order valence-electron chi connectivity index (χ4n) is 2.34. The molecule has 0 aliphatic rings. The van der Waals surface area contributed by atoms with Crippen molar-refractivity contribution in [2.75, 3.05) is 10.6 Å². The van der Waals surface area contributed by atoms with Crippen LogP contribution < -0.4 is 16.0 Å². The number of hydrogen-bond acceptors (Lipinski definition) is 5. The summed E-state index contributed by atoms with van der Waals surface area (Å²) in [5, 5.41) is 10.9. The molecule has 3 N–H and O–H groups in total. The van der Waals surface area contributed by atoms with Crippen molar-refractivity contribution >= 4 is 57.7 Å². The van der Waals surface area contributed by atoms with E-state index in [1.807, 2.05) is 0 Å². The van der Waals surface area contributed by atoms with E-state index in [4.69, 9.17) is 23.8 Å². The van der Waals surface area contributed by atoms with E-state index in [0.717, 1.165) is 0 Å². The summed E-state index contributed by atoms with van der Waals surface area (Å²) in [5.41, 5.74) is 2.99. The molecule has 0 aliphatic heterocycles. The van der Waals surface area contributed by atoms with Gasteiger partial charge in [0.25, 0.3) is 5.91 Å². The zero-order chi connectivity index (χ0) is 20.1. The SMILES string of the molecule is CC(NC(=S)Nc1ccc(NC(=O)c2cscn2)nc1)c1ccc(Cl)cc1F. The summed E-state index contributed by atoms with van der Waals surface area (Å²) in [7, 11) is 0. The third kappa shape index (κ3) is 5.22. The fraction of sp³-hybridized carbons (Fsp3) is 0.111. The molecule has 2 heterocycles. The summed E-state index contributed by atoms with van der Waals surface area (Å²) in [6.45, 7) is 1.79. The number of anilines is 2. The highest BCUT2D eigenvalue weighted by atomic mass is 35.5. The van der Waals surface area contributed by atoms with Gasteiger partial charge in [0.15, 0.2) is 5.11 Å². The average molecular weight is 436 g/mol. The molecule has 144 valence electrons. The molecule has 0 radical (unpaired) electrons. The van der Waals surface area contributed by atoms with Crippen LogP contribution in [0.3, 0.4) is 0 Å². The predicted molar refractivity (Wildman–Crippen MR) is 113 cm³/mol. The lowest BCUT2D eigenvalue weighted by Gasteiger charge is -2.18. The number of hydrogen-bond donors (Lipinski definition) is 3. The van der Waals surface area contributed by atoms with Crippen LogP contribution in [0, 0.1) is 5.82 Å². The summed E-state index contributed by atoms with van der Waals surface area (Å²) in [4.78, 5) is 20.1. The van der Waals surface area contributed by atoms with E-state index in [1.165, 1.54) is 23.6 Å². The van der Waals surface area contributed by atoms with Crippen molar-refractivity contribution in [1.82, 2.24) is 15.3 Å². The number of carbonyl (C=O) groups is 1. The largest absolute Gasteiger partial charge is 0.356 e. The smallest absolute Gasteiger partial charge is 0.276 e. The Morgan fingerprint density at radius 3 is 2.71 bits per heavy atom. The van der Waals surface area contributed by atoms with E-state index < -0.39 is 5.82 Å². The lowest BCUT2D eigenvalue weighted by atomic mass is 10.1. The van der Waals surface area contributed by atoms with Gasteiger partial charge in [-0.05, 0) is 43.4 Å². The molecule has 0 bridgehead atoms. The summed E-state index contributed by atoms with van der Waals surface area (Å²) >= 11 is 12.4. The van der Waals surface area contributed by atoms with E-state index >= 15 is 0 Å². The van der Waals surface area contributed by atoms with E-state index in [2.05, 4.69) is 25.9 Å². The highest BCUT2D eigenvalue weighted by Crippen LogP contribution is 2.21. The highest BCUT2D eigenvalue weighted by molar-refractivity contribution is 7.80. The summed E-state index contributed by atoms with van der Waals surface area (Å²) < 4.78 is 14.0. The lowest BCUT2D eigenvalue weighted by molar-refractivity contribution is 0.102. The van der Waals surface area contributed by atoms with Crippen molar-refractivity contribution in [3.05, 3.63) is 69.5 Å². The topological polar surface area (TPSA) is 78.9 Å². The zero-order valence-electron chi connectivity index (χ0n) is 14.6. The Hall–Kier alpha value is -2.62. The van der Waals surface area contributed by atoms with E-state index in [9.17, 15) is 9.18 Å². The van der Waals surface area contributed by atoms with Crippen LogP contribution in [0.25, 0.3) is 0 Å². The molecule has 0 fully saturated rings. The van der Waals surface area contributed by atoms with E-state index in [-0.39, 0.29) is 11.9 Å². The second-order valence-electron chi connectivity index (χ2n) is 5.75. The number of carbonyl (C=O) groups excluding carboxylic acids is 1. The first kappa shape index (κ1) is 20.1. The number of thiazole rings is 1. The van der Waals surface area contributed by atoms with Crippen LogP contribution in [0.1, 0.15) is 29.0 Å². The molecule has 2 aromatic heterocycles. The Bertz CT molecular complexity index is 982. The van der Waals surface area contributed by atoms with E-state index in [1.54, 1.807) is 42.1 Å². The van der Waals surface area contributed by atoms with Crippen LogP contribution in [0.15, 0.2) is 47.4 Å². The first-order chi connectivity index (χ1) is 13.4. The second-order valence-corrected chi connectivity index (χ2v) is 7.31. The van der Waals surface area contributed by atoms with Crippen LogP contribution in [0.5, 0.6) is 0 Å². The first-order valence-corrected chi connectivity index (χ1v) is 9.83. The average Bonchev–Trinajstić information content (AvgIpc) is 3.18. The predicted octanol–water partition coefficient (Wildman–Crippen LogP) is 4.63. The Morgan fingerprint density at radius 2 is 2.07 bits per heavy atom. The molecule has 0 spiro atoms. The van der Waals surface area contributed by atoms with Gasteiger partial charge in [0, 0.05) is 16.0 Å². The Labute approximate surface area is 175 Å². The number of nitrogens with one attached hydrogen (secondary N) is 3. The molecule has 0 saturated heterocycles. The number of amides is 1. The van der Waals surface area contributed by atoms with Crippen LogP contribution in [-0.2, 0) is 0 Å². The van der Waals surface area contributed by atoms with Gasteiger partial charge in [0.2, 0.25) is 0 Å². The van der Waals surface area contributed by atoms with Gasteiger partial charge in [-0.2, -0.15) is 0 Å². The van der Waals surface area contributed by atoms with Gasteiger partial charge in [-0.15, -0.1) is 11.3 Å². The quantitative estimate of drug-likeness (QED) is 0.507. The van der Waals surface area contributed by atoms with Crippen molar-refractivity contribution in [2.24, 2.45) is 0 Å². The minimum absolute atomic E-state index is 0.308. The molecule has 3 aromatic rings. The van der Waals surface area contributed by atoms with Gasteiger partial charge < -0.3 is 16.0 Å². The lowest BCUT2D eigenvalue weighted by Crippen LogP contribution is -2.31. The number of rotatable bonds is 5. The third-order valence-electron chi connectivity index (χ3n) is 3.70. The molecule has 10 heteroatoms. The maximum Gasteiger partial charge on any atom is 0.276 e. The second kappa shape index (κ2) is 9.05. The van der Waals surface area contributed by atoms with Gasteiger partial charge in [-0.3, -0.25) is 4.79 Å². The maximum absolute atomic E-state index is 14.0. The molecular formula is C18H15ClFN5OS2. The number of pyridine rings is 1. The minimum atomic E-state index is -0.405. The van der Waals surface area contributed by atoms with Crippen LogP contribution in [0.2, 0.25) is 5.02 Å². The third-order valence-corrected chi connectivity index (χ3v) is 4.75. The van der Waals surface area contributed by atoms with Crippen molar-refractivity contribution in [3.8, 4) is 0 Å². The highest BCUT2D eigenvalue weighted by Gasteiger charge is 2.13. The van der Waals surface area contributed by atoms with Crippen molar-refractivity contribution in [2.45, 2.75) is 13.0 Å². The van der Waals surface area contributed by atoms with Gasteiger partial charge in [0.1, 0.15) is 17.3 Å². The van der Waals surface area contributed by atoms with Crippen molar-refractivity contribution in [3.63, 3.8) is 0 Å². The number of aromatic nitrogens is 2. The Morgan fingerprint density at radius 1 is 1.25 bits per heavy atom. The van der Waals surface area contributed by atoms with E-state index in [0.29, 0.717) is 32.9 Å². The molecule has 1 amide bonds. The first-order valence-electron chi connectivity index (χ1n) is 8.10. The van der Waals surface area contributed by atoms with Crippen LogP contribution >= 0.6 is 35.2 Å². The minimum Gasteiger partial charge on any atom is -0.356 e. The normalized spacial score (nSPS) is 11.5. The molecule has 28 heavy (non-hydrogen) atoms. The molecule has 0 saturated carbocycles. The fourth-order valence-corrected chi connectivity index (χ4v) is 3.33. The molecule has 1 atom stereocenters. The standard InChI is InChI=1S/C18H15ClFN5OS2/c1-10(13-4-2-11(19)6-14(13)20)23-18(27)24-12-3-5-16(21-7-12)25-17(26)15-8-28-9-22-15/h2-10H,1H3,(H,21,25,26)(H2,23,24,27). The summed E-state index contributed by atoms with van der Waals surface area (Å²) in [6, 6.07) is 7.48. The van der Waals surface area contributed by atoms with Gasteiger partial charge in [-0.1, -0.05) is 17.7 Å². The Balaban J connectivity index is 1.56. The monoisotopic (exact) mass is 435 g/mol. The van der Waals surface area contributed by atoms with Gasteiger partial charge in [-0.25, -0.2) is 14.4 Å². The molecule has 6 nitrogen and oxygen atoms in total. The van der Waals surface area contributed by atoms with Gasteiger partial charge in [0.05, 0.1) is 23.4 Å². The molecular weight excluding hydrogens is 421 g/mol. The number of nitrogens with zero attached hydrogens (tertiary/aromatic N) is 2.